The summed E-state index contributed by atoms with van der Waals surface area (Å²) in [6.45, 7) is 6.94. The van der Waals surface area contributed by atoms with Crippen molar-refractivity contribution in [1.29, 1.82) is 0 Å². The molecule has 0 spiro atoms. The van der Waals surface area contributed by atoms with E-state index >= 15 is 0 Å². The predicted octanol–water partition coefficient (Wildman–Crippen LogP) is 3.51. The summed E-state index contributed by atoms with van der Waals surface area (Å²) in [6, 6.07) is 15.5. The molecule has 0 aromatic heterocycles. The summed E-state index contributed by atoms with van der Waals surface area (Å²) >= 11 is 0. The van der Waals surface area contributed by atoms with Gasteiger partial charge in [-0.1, -0.05) is 48.5 Å². The molecule has 0 saturated heterocycles. The normalized spacial score (nSPS) is 11.3. The van der Waals surface area contributed by atoms with Crippen LogP contribution in [-0.2, 0) is 21.4 Å². The smallest absolute Gasteiger partial charge is 0.232 e. The Morgan fingerprint density at radius 2 is 1.56 bits per heavy atom. The van der Waals surface area contributed by atoms with Crippen molar-refractivity contribution in [2.75, 3.05) is 23.7 Å². The highest BCUT2D eigenvalue weighted by Crippen LogP contribution is 2.27. The van der Waals surface area contributed by atoms with E-state index in [1.54, 1.807) is 4.90 Å². The second-order valence-electron chi connectivity index (χ2n) is 6.72. The molecule has 0 fully saturated rings. The Balaban J connectivity index is 2.16. The molecule has 5 nitrogen and oxygen atoms in total. The molecule has 2 rings (SSSR count). The summed E-state index contributed by atoms with van der Waals surface area (Å²) in [6.07, 6.45) is 1.33. The largest absolute Gasteiger partial charge is 0.339 e. The molecule has 6 heteroatoms. The topological polar surface area (TPSA) is 57.7 Å². The molecule has 1 amide bonds. The number of benzene rings is 2. The zero-order chi connectivity index (χ0) is 20.0. The number of para-hydroxylation sites is 1. The minimum atomic E-state index is -3.49. The molecule has 0 aliphatic heterocycles. The van der Waals surface area contributed by atoms with Gasteiger partial charge in [0.25, 0.3) is 0 Å². The van der Waals surface area contributed by atoms with Crippen LogP contribution in [0.25, 0.3) is 0 Å². The van der Waals surface area contributed by atoms with Crippen molar-refractivity contribution in [1.82, 2.24) is 4.90 Å². The molecule has 0 radical (unpaired) electrons. The van der Waals surface area contributed by atoms with Gasteiger partial charge in [-0.15, -0.1) is 0 Å². The van der Waals surface area contributed by atoms with Crippen LogP contribution in [-0.4, -0.2) is 38.6 Å². The number of hydrogen-bond acceptors (Lipinski definition) is 3. The highest BCUT2D eigenvalue weighted by atomic mass is 32.2. The molecular formula is C21H28N2O3S. The van der Waals surface area contributed by atoms with Crippen molar-refractivity contribution in [2.45, 2.75) is 33.7 Å². The third kappa shape index (κ3) is 5.57. The van der Waals surface area contributed by atoms with Gasteiger partial charge >= 0.3 is 0 Å². The van der Waals surface area contributed by atoms with E-state index in [9.17, 15) is 13.2 Å². The van der Waals surface area contributed by atoms with E-state index < -0.39 is 10.0 Å². The van der Waals surface area contributed by atoms with Crippen LogP contribution in [0.4, 0.5) is 5.69 Å². The molecule has 0 unspecified atom stereocenters. The lowest BCUT2D eigenvalue weighted by atomic mass is 10.1. The number of nitrogens with zero attached hydrogens (tertiary/aromatic N) is 2. The Kier molecular flexibility index (Phi) is 7.02. The van der Waals surface area contributed by atoms with Gasteiger partial charge in [-0.05, 0) is 37.5 Å². The van der Waals surface area contributed by atoms with Crippen molar-refractivity contribution in [3.63, 3.8) is 0 Å². The molecule has 0 bridgehead atoms. The SMILES string of the molecule is CCN(Cc1ccccc1)C(=O)CCN(c1c(C)cccc1C)S(C)(=O)=O. The maximum absolute atomic E-state index is 12.7. The second-order valence-corrected chi connectivity index (χ2v) is 8.63. The summed E-state index contributed by atoms with van der Waals surface area (Å²) in [4.78, 5) is 14.5. The van der Waals surface area contributed by atoms with Crippen molar-refractivity contribution >= 4 is 21.6 Å². The Labute approximate surface area is 162 Å². The van der Waals surface area contributed by atoms with E-state index in [4.69, 9.17) is 0 Å². The number of carbonyl (C=O) groups excluding carboxylic acids is 1. The lowest BCUT2D eigenvalue weighted by Crippen LogP contribution is -2.37. The molecule has 0 aliphatic rings. The van der Waals surface area contributed by atoms with Gasteiger partial charge in [0, 0.05) is 26.1 Å². The first-order chi connectivity index (χ1) is 12.7. The average molecular weight is 389 g/mol. The van der Waals surface area contributed by atoms with Crippen LogP contribution in [0.2, 0.25) is 0 Å². The van der Waals surface area contributed by atoms with Crippen LogP contribution in [0.15, 0.2) is 48.5 Å². The summed E-state index contributed by atoms with van der Waals surface area (Å²) in [7, 11) is -3.49. The molecule has 0 saturated carbocycles. The van der Waals surface area contributed by atoms with E-state index in [0.717, 1.165) is 16.7 Å². The van der Waals surface area contributed by atoms with Crippen LogP contribution < -0.4 is 4.31 Å². The van der Waals surface area contributed by atoms with Crippen LogP contribution in [0.3, 0.4) is 0 Å². The molecule has 146 valence electrons. The van der Waals surface area contributed by atoms with Gasteiger partial charge in [0.05, 0.1) is 11.9 Å². The van der Waals surface area contributed by atoms with Crippen molar-refractivity contribution < 1.29 is 13.2 Å². The predicted molar refractivity (Wildman–Crippen MR) is 110 cm³/mol. The van der Waals surface area contributed by atoms with Crippen LogP contribution >= 0.6 is 0 Å². The number of carbonyl (C=O) groups is 1. The van der Waals surface area contributed by atoms with Gasteiger partial charge in [0.1, 0.15) is 0 Å². The lowest BCUT2D eigenvalue weighted by molar-refractivity contribution is -0.131. The van der Waals surface area contributed by atoms with E-state index in [2.05, 4.69) is 0 Å². The van der Waals surface area contributed by atoms with Gasteiger partial charge in [-0.3, -0.25) is 9.10 Å². The molecule has 2 aromatic rings. The third-order valence-corrected chi connectivity index (χ3v) is 5.73. The van der Waals surface area contributed by atoms with E-state index in [-0.39, 0.29) is 18.9 Å². The number of hydrogen-bond donors (Lipinski definition) is 0. The number of aryl methyl sites for hydroxylation is 2. The van der Waals surface area contributed by atoms with Gasteiger partial charge in [-0.25, -0.2) is 8.42 Å². The monoisotopic (exact) mass is 388 g/mol. The van der Waals surface area contributed by atoms with E-state index in [0.29, 0.717) is 18.8 Å². The molecule has 27 heavy (non-hydrogen) atoms. The molecule has 0 N–H and O–H groups in total. The van der Waals surface area contributed by atoms with Crippen molar-refractivity contribution in [3.05, 3.63) is 65.2 Å². The maximum atomic E-state index is 12.7. The summed E-state index contributed by atoms with van der Waals surface area (Å²) in [5, 5.41) is 0. The average Bonchev–Trinajstić information content (AvgIpc) is 2.61. The standard InChI is InChI=1S/C21H28N2O3S/c1-5-22(16-19-12-7-6-8-13-19)20(24)14-15-23(27(4,25)26)21-17(2)10-9-11-18(21)3/h6-13H,5,14-16H2,1-4H3. The molecule has 2 aromatic carbocycles. The summed E-state index contributed by atoms with van der Waals surface area (Å²) in [5.41, 5.74) is 3.48. The van der Waals surface area contributed by atoms with Crippen LogP contribution in [0.5, 0.6) is 0 Å². The quantitative estimate of drug-likeness (QED) is 0.695. The molecular weight excluding hydrogens is 360 g/mol. The Bertz CT molecular complexity index is 859. The van der Waals surface area contributed by atoms with Crippen molar-refractivity contribution in [3.8, 4) is 0 Å². The number of rotatable bonds is 8. The summed E-state index contributed by atoms with van der Waals surface area (Å²) in [5.74, 6) is -0.0544. The molecule has 0 heterocycles. The highest BCUT2D eigenvalue weighted by molar-refractivity contribution is 7.92. The van der Waals surface area contributed by atoms with Gasteiger partial charge in [0.2, 0.25) is 15.9 Å². The zero-order valence-electron chi connectivity index (χ0n) is 16.5. The fourth-order valence-corrected chi connectivity index (χ4v) is 4.22. The molecule has 0 aliphatic carbocycles. The maximum Gasteiger partial charge on any atom is 0.232 e. The van der Waals surface area contributed by atoms with Crippen LogP contribution in [0, 0.1) is 13.8 Å². The molecule has 0 atom stereocenters. The third-order valence-electron chi connectivity index (χ3n) is 4.57. The van der Waals surface area contributed by atoms with Crippen molar-refractivity contribution in [2.24, 2.45) is 0 Å². The number of amides is 1. The number of sulfonamides is 1. The first-order valence-corrected chi connectivity index (χ1v) is 10.9. The number of anilines is 1. The Morgan fingerprint density at radius 1 is 0.963 bits per heavy atom. The fourth-order valence-electron chi connectivity index (χ4n) is 3.18. The first kappa shape index (κ1) is 21.0. The first-order valence-electron chi connectivity index (χ1n) is 9.09. The van der Waals surface area contributed by atoms with E-state index in [1.807, 2.05) is 69.3 Å². The Morgan fingerprint density at radius 3 is 2.07 bits per heavy atom. The lowest BCUT2D eigenvalue weighted by Gasteiger charge is -2.27. The van der Waals surface area contributed by atoms with E-state index in [1.165, 1.54) is 10.6 Å². The zero-order valence-corrected chi connectivity index (χ0v) is 17.3. The van der Waals surface area contributed by atoms with Gasteiger partial charge in [-0.2, -0.15) is 0 Å². The second kappa shape index (κ2) is 9.04. The summed E-state index contributed by atoms with van der Waals surface area (Å²) < 4.78 is 26.1. The minimum Gasteiger partial charge on any atom is -0.339 e. The fraction of sp³-hybridized carbons (Fsp3) is 0.381. The van der Waals surface area contributed by atoms with Crippen LogP contribution in [0.1, 0.15) is 30.0 Å². The van der Waals surface area contributed by atoms with Gasteiger partial charge in [0.15, 0.2) is 0 Å². The minimum absolute atomic E-state index is 0.0544. The Hall–Kier alpha value is -2.34. The van der Waals surface area contributed by atoms with Gasteiger partial charge < -0.3 is 4.90 Å². The highest BCUT2D eigenvalue weighted by Gasteiger charge is 2.23.